The van der Waals surface area contributed by atoms with Crippen LogP contribution in [0.15, 0.2) is 24.3 Å². The second-order valence-electron chi connectivity index (χ2n) is 7.27. The minimum atomic E-state index is -0.0278. The lowest BCUT2D eigenvalue weighted by atomic mass is 9.94. The van der Waals surface area contributed by atoms with E-state index in [-0.39, 0.29) is 11.9 Å². The van der Waals surface area contributed by atoms with Gasteiger partial charge in [0.15, 0.2) is 0 Å². The van der Waals surface area contributed by atoms with Crippen LogP contribution in [0.3, 0.4) is 0 Å². The first-order valence-corrected chi connectivity index (χ1v) is 9.27. The van der Waals surface area contributed by atoms with Crippen LogP contribution in [0.1, 0.15) is 43.2 Å². The summed E-state index contributed by atoms with van der Waals surface area (Å²) in [4.78, 5) is 16.9. The Morgan fingerprint density at radius 1 is 1.12 bits per heavy atom. The maximum absolute atomic E-state index is 12.5. The van der Waals surface area contributed by atoms with Crippen LogP contribution in [0.2, 0.25) is 0 Å². The molecule has 0 saturated carbocycles. The minimum absolute atomic E-state index is 0.0278. The number of unbranched alkanes of at least 4 members (excludes halogenated alkanes) is 4. The lowest BCUT2D eigenvalue weighted by Crippen LogP contribution is -2.48. The van der Waals surface area contributed by atoms with Crippen molar-refractivity contribution in [3.05, 3.63) is 35.4 Å². The van der Waals surface area contributed by atoms with Gasteiger partial charge in [0.05, 0.1) is 6.04 Å². The van der Waals surface area contributed by atoms with Gasteiger partial charge in [-0.05, 0) is 58.1 Å². The van der Waals surface area contributed by atoms with Gasteiger partial charge >= 0.3 is 0 Å². The second-order valence-corrected chi connectivity index (χ2v) is 7.27. The molecular formula is C20H33N3O. The third-order valence-electron chi connectivity index (χ3n) is 4.87. The summed E-state index contributed by atoms with van der Waals surface area (Å²) in [5.74, 6) is 0.180. The minimum Gasteiger partial charge on any atom is -0.355 e. The van der Waals surface area contributed by atoms with Crippen molar-refractivity contribution in [2.75, 3.05) is 34.2 Å². The largest absolute Gasteiger partial charge is 0.355 e. The van der Waals surface area contributed by atoms with Gasteiger partial charge in [0.25, 0.3) is 0 Å². The van der Waals surface area contributed by atoms with E-state index >= 15 is 0 Å². The van der Waals surface area contributed by atoms with Gasteiger partial charge in [-0.1, -0.05) is 43.5 Å². The summed E-state index contributed by atoms with van der Waals surface area (Å²) in [5, 5.41) is 3.13. The number of likely N-dealkylation sites (N-methyl/N-ethyl adjacent to an activating group) is 1. The van der Waals surface area contributed by atoms with Gasteiger partial charge in [-0.25, -0.2) is 0 Å². The van der Waals surface area contributed by atoms with Crippen molar-refractivity contribution in [3.63, 3.8) is 0 Å². The van der Waals surface area contributed by atoms with E-state index in [2.05, 4.69) is 53.5 Å². The zero-order valence-electron chi connectivity index (χ0n) is 15.6. The van der Waals surface area contributed by atoms with E-state index in [1.54, 1.807) is 0 Å². The monoisotopic (exact) mass is 331 g/mol. The standard InChI is InChI=1S/C20H33N3O/c1-22(2)14-10-6-4-5-9-13-21-20(24)19-15-17-11-7-8-12-18(17)16-23(19)3/h7-8,11-12,19H,4-6,9-10,13-16H2,1-3H3,(H,21,24). The fourth-order valence-corrected chi connectivity index (χ4v) is 3.36. The maximum atomic E-state index is 12.5. The Labute approximate surface area is 147 Å². The van der Waals surface area contributed by atoms with Crippen molar-refractivity contribution < 1.29 is 4.79 Å². The summed E-state index contributed by atoms with van der Waals surface area (Å²) in [6.45, 7) is 2.84. The van der Waals surface area contributed by atoms with Crippen LogP contribution >= 0.6 is 0 Å². The highest BCUT2D eigenvalue weighted by atomic mass is 16.2. The van der Waals surface area contributed by atoms with Crippen molar-refractivity contribution in [3.8, 4) is 0 Å². The average molecular weight is 332 g/mol. The van der Waals surface area contributed by atoms with E-state index in [9.17, 15) is 4.79 Å². The molecule has 0 bridgehead atoms. The molecule has 1 N–H and O–H groups in total. The number of benzene rings is 1. The van der Waals surface area contributed by atoms with Crippen LogP contribution in [-0.2, 0) is 17.8 Å². The predicted octanol–water partition coefficient (Wildman–Crippen LogP) is 2.67. The first-order valence-electron chi connectivity index (χ1n) is 9.27. The van der Waals surface area contributed by atoms with Gasteiger partial charge in [0, 0.05) is 13.1 Å². The van der Waals surface area contributed by atoms with E-state index in [0.717, 1.165) is 25.9 Å². The molecule has 4 heteroatoms. The fraction of sp³-hybridized carbons (Fsp3) is 0.650. The third kappa shape index (κ3) is 5.91. The van der Waals surface area contributed by atoms with Crippen LogP contribution in [0.5, 0.6) is 0 Å². The molecule has 1 unspecified atom stereocenters. The topological polar surface area (TPSA) is 35.6 Å². The molecule has 0 radical (unpaired) electrons. The summed E-state index contributed by atoms with van der Waals surface area (Å²) in [6.07, 6.45) is 6.93. The summed E-state index contributed by atoms with van der Waals surface area (Å²) in [5.41, 5.74) is 2.67. The van der Waals surface area contributed by atoms with Crippen LogP contribution in [0.4, 0.5) is 0 Å². The molecule has 0 aromatic heterocycles. The Kier molecular flexibility index (Phi) is 7.73. The van der Waals surface area contributed by atoms with E-state index in [1.807, 2.05) is 7.05 Å². The highest BCUT2D eigenvalue weighted by Gasteiger charge is 2.28. The molecule has 1 amide bonds. The molecule has 1 atom stereocenters. The average Bonchev–Trinajstić information content (AvgIpc) is 2.56. The lowest BCUT2D eigenvalue weighted by molar-refractivity contribution is -0.126. The number of carbonyl (C=O) groups excluding carboxylic acids is 1. The third-order valence-corrected chi connectivity index (χ3v) is 4.87. The molecule has 0 fully saturated rings. The molecule has 24 heavy (non-hydrogen) atoms. The number of hydrogen-bond acceptors (Lipinski definition) is 3. The van der Waals surface area contributed by atoms with Crippen molar-refractivity contribution >= 4 is 5.91 Å². The molecule has 134 valence electrons. The first kappa shape index (κ1) is 18.9. The fourth-order valence-electron chi connectivity index (χ4n) is 3.36. The van der Waals surface area contributed by atoms with Crippen LogP contribution < -0.4 is 5.32 Å². The van der Waals surface area contributed by atoms with E-state index in [4.69, 9.17) is 0 Å². The SMILES string of the molecule is CN(C)CCCCCCCNC(=O)C1Cc2ccccc2CN1C. The number of hydrogen-bond donors (Lipinski definition) is 1. The van der Waals surface area contributed by atoms with Gasteiger partial charge < -0.3 is 10.2 Å². The number of amides is 1. The normalized spacial score (nSPS) is 17.8. The molecule has 1 aliphatic heterocycles. The zero-order chi connectivity index (χ0) is 17.4. The molecule has 2 rings (SSSR count). The van der Waals surface area contributed by atoms with E-state index in [0.29, 0.717) is 0 Å². The summed E-state index contributed by atoms with van der Waals surface area (Å²) >= 11 is 0. The number of nitrogens with one attached hydrogen (secondary N) is 1. The molecule has 0 saturated heterocycles. The van der Waals surface area contributed by atoms with Crippen molar-refractivity contribution in [1.29, 1.82) is 0 Å². The Bertz CT molecular complexity index is 515. The Morgan fingerprint density at radius 2 is 1.79 bits per heavy atom. The molecule has 1 heterocycles. The Hall–Kier alpha value is -1.39. The van der Waals surface area contributed by atoms with E-state index < -0.39 is 0 Å². The van der Waals surface area contributed by atoms with Crippen LogP contribution in [0.25, 0.3) is 0 Å². The van der Waals surface area contributed by atoms with Gasteiger partial charge in [-0.15, -0.1) is 0 Å². The quantitative estimate of drug-likeness (QED) is 0.707. The molecule has 1 aliphatic rings. The van der Waals surface area contributed by atoms with Gasteiger partial charge in [-0.3, -0.25) is 9.69 Å². The second kappa shape index (κ2) is 9.80. The number of carbonyl (C=O) groups is 1. The highest BCUT2D eigenvalue weighted by molar-refractivity contribution is 5.82. The predicted molar refractivity (Wildman–Crippen MR) is 100 cm³/mol. The zero-order valence-corrected chi connectivity index (χ0v) is 15.6. The molecule has 4 nitrogen and oxygen atoms in total. The van der Waals surface area contributed by atoms with Crippen molar-refractivity contribution in [2.45, 2.75) is 51.1 Å². The van der Waals surface area contributed by atoms with Gasteiger partial charge in [0.1, 0.15) is 0 Å². The van der Waals surface area contributed by atoms with Gasteiger partial charge in [-0.2, -0.15) is 0 Å². The molecular weight excluding hydrogens is 298 g/mol. The molecule has 1 aromatic carbocycles. The molecule has 1 aromatic rings. The maximum Gasteiger partial charge on any atom is 0.237 e. The van der Waals surface area contributed by atoms with Gasteiger partial charge in [0.2, 0.25) is 5.91 Å². The summed E-state index contributed by atoms with van der Waals surface area (Å²) in [7, 11) is 6.29. The van der Waals surface area contributed by atoms with E-state index in [1.165, 1.54) is 43.4 Å². The first-order chi connectivity index (χ1) is 11.6. The highest BCUT2D eigenvalue weighted by Crippen LogP contribution is 2.21. The van der Waals surface area contributed by atoms with Crippen molar-refractivity contribution in [1.82, 2.24) is 15.1 Å². The molecule has 0 aliphatic carbocycles. The van der Waals surface area contributed by atoms with Crippen LogP contribution in [-0.4, -0.2) is 56.0 Å². The van der Waals surface area contributed by atoms with Crippen molar-refractivity contribution in [2.24, 2.45) is 0 Å². The number of nitrogens with zero attached hydrogens (tertiary/aromatic N) is 2. The molecule has 0 spiro atoms. The number of fused-ring (bicyclic) bond motifs is 1. The smallest absolute Gasteiger partial charge is 0.237 e. The Balaban J connectivity index is 1.63. The summed E-state index contributed by atoms with van der Waals surface area (Å²) in [6, 6.07) is 8.42. The number of rotatable bonds is 9. The summed E-state index contributed by atoms with van der Waals surface area (Å²) < 4.78 is 0. The van der Waals surface area contributed by atoms with Crippen LogP contribution in [0, 0.1) is 0 Å². The Morgan fingerprint density at radius 3 is 2.54 bits per heavy atom. The lowest BCUT2D eigenvalue weighted by Gasteiger charge is -2.33.